The van der Waals surface area contributed by atoms with Crippen molar-refractivity contribution in [1.29, 1.82) is 0 Å². The first-order chi connectivity index (χ1) is 15.1. The van der Waals surface area contributed by atoms with Crippen molar-refractivity contribution >= 4 is 17.7 Å². The van der Waals surface area contributed by atoms with E-state index in [1.807, 2.05) is 18.2 Å². The Labute approximate surface area is 181 Å². The molecule has 0 bridgehead atoms. The highest BCUT2D eigenvalue weighted by Gasteiger charge is 2.39. The van der Waals surface area contributed by atoms with Gasteiger partial charge in [-0.3, -0.25) is 24.6 Å². The van der Waals surface area contributed by atoms with Crippen LogP contribution in [0.25, 0.3) is 0 Å². The molecule has 4 aliphatic rings. The molecule has 0 radical (unpaired) electrons. The first-order valence-corrected chi connectivity index (χ1v) is 11.4. The second-order valence-electron chi connectivity index (χ2n) is 8.88. The van der Waals surface area contributed by atoms with E-state index in [1.165, 1.54) is 6.42 Å². The van der Waals surface area contributed by atoms with Gasteiger partial charge in [-0.15, -0.1) is 0 Å². The summed E-state index contributed by atoms with van der Waals surface area (Å²) in [4.78, 5) is 40.6. The number of nitrogens with zero attached hydrogens (tertiary/aromatic N) is 2. The maximum Gasteiger partial charge on any atom is 0.255 e. The highest BCUT2D eigenvalue weighted by atomic mass is 16.5. The molecule has 1 unspecified atom stereocenters. The van der Waals surface area contributed by atoms with Crippen LogP contribution in [0.15, 0.2) is 18.2 Å². The van der Waals surface area contributed by atoms with Gasteiger partial charge in [0.15, 0.2) is 0 Å². The molecule has 3 fully saturated rings. The molecule has 1 aromatic rings. The van der Waals surface area contributed by atoms with Crippen LogP contribution in [0.5, 0.6) is 5.75 Å². The van der Waals surface area contributed by atoms with Crippen LogP contribution >= 0.6 is 0 Å². The van der Waals surface area contributed by atoms with E-state index in [9.17, 15) is 14.4 Å². The summed E-state index contributed by atoms with van der Waals surface area (Å²) < 4.78 is 12.0. The van der Waals surface area contributed by atoms with Crippen molar-refractivity contribution in [3.8, 4) is 5.75 Å². The number of hydrogen-bond acceptors (Lipinski definition) is 6. The minimum Gasteiger partial charge on any atom is -0.489 e. The number of ether oxygens (including phenoxy) is 2. The molecule has 3 atom stereocenters. The van der Waals surface area contributed by atoms with Crippen LogP contribution in [-0.4, -0.2) is 72.0 Å². The van der Waals surface area contributed by atoms with Gasteiger partial charge in [-0.05, 0) is 49.4 Å². The lowest BCUT2D eigenvalue weighted by molar-refractivity contribution is -0.136. The van der Waals surface area contributed by atoms with E-state index < -0.39 is 6.04 Å². The normalized spacial score (nSPS) is 29.6. The average Bonchev–Trinajstić information content (AvgIpc) is 3.10. The number of amides is 3. The number of hydrogen-bond donors (Lipinski definition) is 1. The van der Waals surface area contributed by atoms with Gasteiger partial charge >= 0.3 is 0 Å². The van der Waals surface area contributed by atoms with E-state index >= 15 is 0 Å². The number of rotatable bonds is 4. The molecule has 3 aliphatic heterocycles. The molecule has 5 rings (SSSR count). The molecule has 1 aromatic carbocycles. The Morgan fingerprint density at radius 3 is 2.65 bits per heavy atom. The molecule has 3 amide bonds. The van der Waals surface area contributed by atoms with Gasteiger partial charge in [0.05, 0.1) is 13.2 Å². The Morgan fingerprint density at radius 2 is 1.84 bits per heavy atom. The van der Waals surface area contributed by atoms with E-state index in [0.717, 1.165) is 56.9 Å². The third-order valence-electron chi connectivity index (χ3n) is 6.96. The van der Waals surface area contributed by atoms with Crippen molar-refractivity contribution in [3.63, 3.8) is 0 Å². The molecule has 0 aromatic heterocycles. The summed E-state index contributed by atoms with van der Waals surface area (Å²) in [6.07, 6.45) is 5.32. The molecule has 1 saturated carbocycles. The Bertz CT molecular complexity index is 882. The number of fused-ring (bicyclic) bond motifs is 1. The van der Waals surface area contributed by atoms with Gasteiger partial charge in [0, 0.05) is 37.7 Å². The lowest BCUT2D eigenvalue weighted by atomic mass is 9.91. The summed E-state index contributed by atoms with van der Waals surface area (Å²) >= 11 is 0. The van der Waals surface area contributed by atoms with Gasteiger partial charge in [-0.1, -0.05) is 6.42 Å². The molecule has 2 saturated heterocycles. The van der Waals surface area contributed by atoms with Crippen LogP contribution in [0.3, 0.4) is 0 Å². The first-order valence-electron chi connectivity index (χ1n) is 11.4. The number of imide groups is 1. The SMILES string of the molecule is O=C1CCC(N2Cc3cc(O[C@H]4CCCC[C@H]4N4CCOCC4)ccc3C2=O)C(=O)N1. The highest BCUT2D eigenvalue weighted by Crippen LogP contribution is 2.33. The second kappa shape index (κ2) is 8.59. The minimum absolute atomic E-state index is 0.133. The predicted molar refractivity (Wildman–Crippen MR) is 112 cm³/mol. The van der Waals surface area contributed by atoms with Gasteiger partial charge in [0.25, 0.3) is 5.91 Å². The molecule has 3 heterocycles. The van der Waals surface area contributed by atoms with Crippen LogP contribution < -0.4 is 10.1 Å². The number of piperidine rings is 1. The first kappa shape index (κ1) is 20.5. The lowest BCUT2D eigenvalue weighted by Crippen LogP contribution is -2.52. The zero-order valence-corrected chi connectivity index (χ0v) is 17.7. The smallest absolute Gasteiger partial charge is 0.255 e. The molecule has 166 valence electrons. The molecule has 0 spiro atoms. The summed E-state index contributed by atoms with van der Waals surface area (Å²) in [6.45, 7) is 3.82. The number of carbonyl (C=O) groups excluding carboxylic acids is 3. The van der Waals surface area contributed by atoms with Gasteiger partial charge in [-0.25, -0.2) is 0 Å². The van der Waals surface area contributed by atoms with Crippen molar-refractivity contribution in [2.24, 2.45) is 0 Å². The van der Waals surface area contributed by atoms with E-state index in [0.29, 0.717) is 24.6 Å². The van der Waals surface area contributed by atoms with E-state index in [2.05, 4.69) is 10.2 Å². The topological polar surface area (TPSA) is 88.2 Å². The minimum atomic E-state index is -0.592. The Morgan fingerprint density at radius 1 is 1.03 bits per heavy atom. The fourth-order valence-electron chi connectivity index (χ4n) is 5.34. The fourth-order valence-corrected chi connectivity index (χ4v) is 5.34. The standard InChI is InChI=1S/C23H29N3O5/c27-21-8-7-19(22(28)24-21)26-14-15-13-16(5-6-17(15)23(26)29)31-20-4-2-1-3-18(20)25-9-11-30-12-10-25/h5-6,13,18-20H,1-4,7-12,14H2,(H,24,27,28)/t18-,19?,20+/m1/s1. The number of benzene rings is 1. The van der Waals surface area contributed by atoms with Crippen LogP contribution in [0, 0.1) is 0 Å². The van der Waals surface area contributed by atoms with E-state index in [4.69, 9.17) is 9.47 Å². The third-order valence-corrected chi connectivity index (χ3v) is 6.96. The molecule has 8 nitrogen and oxygen atoms in total. The zero-order chi connectivity index (χ0) is 21.4. The summed E-state index contributed by atoms with van der Waals surface area (Å²) in [5, 5.41) is 2.35. The van der Waals surface area contributed by atoms with Crippen molar-refractivity contribution in [2.45, 2.75) is 63.3 Å². The average molecular weight is 428 g/mol. The quantitative estimate of drug-likeness (QED) is 0.733. The van der Waals surface area contributed by atoms with Gasteiger partial charge in [0.2, 0.25) is 11.8 Å². The highest BCUT2D eigenvalue weighted by molar-refractivity contribution is 6.05. The van der Waals surface area contributed by atoms with E-state index in [-0.39, 0.29) is 30.2 Å². The number of morpholine rings is 1. The maximum absolute atomic E-state index is 12.9. The van der Waals surface area contributed by atoms with Gasteiger partial charge < -0.3 is 14.4 Å². The van der Waals surface area contributed by atoms with Crippen LogP contribution in [0.4, 0.5) is 0 Å². The van der Waals surface area contributed by atoms with Crippen molar-refractivity contribution < 1.29 is 23.9 Å². The summed E-state index contributed by atoms with van der Waals surface area (Å²) in [5.41, 5.74) is 1.50. The molecule has 8 heteroatoms. The zero-order valence-electron chi connectivity index (χ0n) is 17.7. The van der Waals surface area contributed by atoms with Crippen LogP contribution in [0.1, 0.15) is 54.4 Å². The van der Waals surface area contributed by atoms with Crippen molar-refractivity contribution in [1.82, 2.24) is 15.1 Å². The molecule has 1 N–H and O–H groups in total. The lowest BCUT2D eigenvalue weighted by Gasteiger charge is -2.41. The number of nitrogens with one attached hydrogen (secondary N) is 1. The Kier molecular flexibility index (Phi) is 5.67. The Balaban J connectivity index is 1.29. The largest absolute Gasteiger partial charge is 0.489 e. The van der Waals surface area contributed by atoms with Crippen molar-refractivity contribution in [2.75, 3.05) is 26.3 Å². The Hall–Kier alpha value is -2.45. The van der Waals surface area contributed by atoms with Gasteiger partial charge in [0.1, 0.15) is 17.9 Å². The fraction of sp³-hybridized carbons (Fsp3) is 0.609. The van der Waals surface area contributed by atoms with Crippen molar-refractivity contribution in [3.05, 3.63) is 29.3 Å². The number of carbonyl (C=O) groups is 3. The summed E-state index contributed by atoms with van der Waals surface area (Å²) in [5.74, 6) is -0.0328. The van der Waals surface area contributed by atoms with Crippen LogP contribution in [0.2, 0.25) is 0 Å². The summed E-state index contributed by atoms with van der Waals surface area (Å²) in [7, 11) is 0. The second-order valence-corrected chi connectivity index (χ2v) is 8.88. The molecular weight excluding hydrogens is 398 g/mol. The molecule has 1 aliphatic carbocycles. The third kappa shape index (κ3) is 4.06. The summed E-state index contributed by atoms with van der Waals surface area (Å²) in [6, 6.07) is 5.43. The predicted octanol–water partition coefficient (Wildman–Crippen LogP) is 1.47. The van der Waals surface area contributed by atoms with E-state index in [1.54, 1.807) is 4.90 Å². The molecular formula is C23H29N3O5. The molecule has 31 heavy (non-hydrogen) atoms. The van der Waals surface area contributed by atoms with Gasteiger partial charge in [-0.2, -0.15) is 0 Å². The maximum atomic E-state index is 12.9. The van der Waals surface area contributed by atoms with Crippen LogP contribution in [-0.2, 0) is 20.9 Å². The monoisotopic (exact) mass is 427 g/mol.